The Balaban J connectivity index is 2.46. The van der Waals surface area contributed by atoms with E-state index >= 15 is 0 Å². The molecule has 11 heavy (non-hydrogen) atoms. The minimum Gasteiger partial charge on any atom is -0.298 e. The van der Waals surface area contributed by atoms with Gasteiger partial charge in [0.05, 0.1) is 6.04 Å². The summed E-state index contributed by atoms with van der Waals surface area (Å²) < 4.78 is 0. The van der Waals surface area contributed by atoms with Crippen LogP contribution in [-0.2, 0) is 4.79 Å². The van der Waals surface area contributed by atoms with Crippen LogP contribution in [0.5, 0.6) is 0 Å². The molecule has 1 N–H and O–H groups in total. The van der Waals surface area contributed by atoms with Crippen LogP contribution in [0.3, 0.4) is 0 Å². The number of hydrogen-bond acceptors (Lipinski definition) is 3. The van der Waals surface area contributed by atoms with Crippen LogP contribution in [0.1, 0.15) is 26.7 Å². The molecule has 0 saturated carbocycles. The smallest absolute Gasteiger partial charge is 0.150 e. The summed E-state index contributed by atoms with van der Waals surface area (Å²) in [5, 5.41) is 2.01. The summed E-state index contributed by atoms with van der Waals surface area (Å²) >= 11 is 0. The molecule has 0 aromatic heterocycles. The van der Waals surface area contributed by atoms with Gasteiger partial charge in [0, 0.05) is 19.5 Å². The summed E-state index contributed by atoms with van der Waals surface area (Å²) in [5.41, 5.74) is 3.14. The maximum absolute atomic E-state index is 11.2. The number of hydrogen-bond donors (Lipinski definition) is 1. The van der Waals surface area contributed by atoms with Gasteiger partial charge in [-0.2, -0.15) is 0 Å². The third-order valence-corrected chi connectivity index (χ3v) is 2.33. The van der Waals surface area contributed by atoms with Crippen molar-refractivity contribution in [2.45, 2.75) is 38.8 Å². The van der Waals surface area contributed by atoms with Crippen molar-refractivity contribution in [1.29, 1.82) is 0 Å². The Labute approximate surface area is 67.7 Å². The predicted molar refractivity (Wildman–Crippen MR) is 44.1 cm³/mol. The lowest BCUT2D eigenvalue weighted by molar-refractivity contribution is -0.120. The van der Waals surface area contributed by atoms with Gasteiger partial charge in [-0.3, -0.25) is 4.79 Å². The van der Waals surface area contributed by atoms with Crippen LogP contribution >= 0.6 is 0 Å². The van der Waals surface area contributed by atoms with Gasteiger partial charge >= 0.3 is 0 Å². The molecule has 0 bridgehead atoms. The third-order valence-electron chi connectivity index (χ3n) is 2.33. The fraction of sp³-hybridized carbons (Fsp3) is 0.875. The quantitative estimate of drug-likeness (QED) is 0.634. The van der Waals surface area contributed by atoms with Crippen molar-refractivity contribution >= 4 is 5.78 Å². The highest BCUT2D eigenvalue weighted by Gasteiger charge is 2.29. The van der Waals surface area contributed by atoms with Crippen LogP contribution in [0.2, 0.25) is 0 Å². The van der Waals surface area contributed by atoms with E-state index in [4.69, 9.17) is 0 Å². The lowest BCUT2D eigenvalue weighted by Gasteiger charge is -2.13. The molecule has 2 atom stereocenters. The van der Waals surface area contributed by atoms with Gasteiger partial charge in [-0.25, -0.2) is 10.4 Å². The lowest BCUT2D eigenvalue weighted by atomic mass is 10.1. The zero-order chi connectivity index (χ0) is 8.43. The second-order valence-electron chi connectivity index (χ2n) is 3.20. The Morgan fingerprint density at radius 2 is 2.36 bits per heavy atom. The van der Waals surface area contributed by atoms with Crippen molar-refractivity contribution < 1.29 is 4.79 Å². The standard InChI is InChI=1S/C8H16N2O/c1-4-8(11)7-5-6(2)10(3)9-7/h6-7,9H,4-5H2,1-3H3. The van der Waals surface area contributed by atoms with E-state index in [0.29, 0.717) is 18.2 Å². The average molecular weight is 156 g/mol. The van der Waals surface area contributed by atoms with Crippen molar-refractivity contribution in [3.8, 4) is 0 Å². The number of carbonyl (C=O) groups is 1. The second kappa shape index (κ2) is 3.32. The Kier molecular flexibility index (Phi) is 2.62. The van der Waals surface area contributed by atoms with Gasteiger partial charge in [-0.1, -0.05) is 6.92 Å². The highest BCUT2D eigenvalue weighted by atomic mass is 16.1. The molecule has 0 aliphatic carbocycles. The molecule has 2 unspecified atom stereocenters. The molecule has 3 nitrogen and oxygen atoms in total. The van der Waals surface area contributed by atoms with Crippen LogP contribution in [0.4, 0.5) is 0 Å². The summed E-state index contributed by atoms with van der Waals surface area (Å²) in [6, 6.07) is 0.551. The highest BCUT2D eigenvalue weighted by Crippen LogP contribution is 2.13. The number of hydrazine groups is 1. The number of Topliss-reactive ketones (excluding diaryl/α,β-unsaturated/α-hetero) is 1. The monoisotopic (exact) mass is 156 g/mol. The third kappa shape index (κ3) is 1.79. The summed E-state index contributed by atoms with van der Waals surface area (Å²) in [6.07, 6.45) is 1.58. The molecule has 0 aromatic rings. The minimum atomic E-state index is 0.0694. The molecule has 1 rings (SSSR count). The molecule has 0 amide bonds. The van der Waals surface area contributed by atoms with E-state index in [-0.39, 0.29) is 6.04 Å². The van der Waals surface area contributed by atoms with Gasteiger partial charge in [0.1, 0.15) is 0 Å². The molecule has 1 aliphatic rings. The van der Waals surface area contributed by atoms with Gasteiger partial charge < -0.3 is 0 Å². The largest absolute Gasteiger partial charge is 0.298 e. The number of nitrogens with zero attached hydrogens (tertiary/aromatic N) is 1. The average Bonchev–Trinajstić information content (AvgIpc) is 2.31. The van der Waals surface area contributed by atoms with Crippen molar-refractivity contribution in [1.82, 2.24) is 10.4 Å². The number of ketones is 1. The van der Waals surface area contributed by atoms with Crippen molar-refractivity contribution in [2.24, 2.45) is 0 Å². The molecule has 1 fully saturated rings. The SMILES string of the molecule is CCC(=O)C1CC(C)N(C)N1. The Morgan fingerprint density at radius 1 is 1.73 bits per heavy atom. The van der Waals surface area contributed by atoms with E-state index in [1.54, 1.807) is 0 Å². The van der Waals surface area contributed by atoms with E-state index < -0.39 is 0 Å². The lowest BCUT2D eigenvalue weighted by Crippen LogP contribution is -2.38. The fourth-order valence-corrected chi connectivity index (χ4v) is 1.37. The first-order valence-corrected chi connectivity index (χ1v) is 4.17. The van der Waals surface area contributed by atoms with Gasteiger partial charge in [0.15, 0.2) is 5.78 Å². The van der Waals surface area contributed by atoms with Crippen molar-refractivity contribution in [2.75, 3.05) is 7.05 Å². The van der Waals surface area contributed by atoms with Crippen LogP contribution in [-0.4, -0.2) is 29.9 Å². The van der Waals surface area contributed by atoms with Gasteiger partial charge in [0.25, 0.3) is 0 Å². The number of nitrogens with one attached hydrogen (secondary N) is 1. The first kappa shape index (κ1) is 8.68. The molecule has 0 aromatic carbocycles. The maximum atomic E-state index is 11.2. The van der Waals surface area contributed by atoms with Crippen molar-refractivity contribution in [3.63, 3.8) is 0 Å². The molecule has 3 heteroatoms. The van der Waals surface area contributed by atoms with E-state index in [1.165, 1.54) is 0 Å². The van der Waals surface area contributed by atoms with E-state index in [1.807, 2.05) is 19.0 Å². The zero-order valence-corrected chi connectivity index (χ0v) is 7.42. The molecular formula is C8H16N2O. The minimum absolute atomic E-state index is 0.0694. The normalized spacial score (nSPS) is 32.6. The highest BCUT2D eigenvalue weighted by molar-refractivity contribution is 5.83. The van der Waals surface area contributed by atoms with Crippen molar-refractivity contribution in [3.05, 3.63) is 0 Å². The summed E-state index contributed by atoms with van der Waals surface area (Å²) in [4.78, 5) is 11.2. The topological polar surface area (TPSA) is 32.3 Å². The molecular weight excluding hydrogens is 140 g/mol. The Bertz CT molecular complexity index is 148. The summed E-state index contributed by atoms with van der Waals surface area (Å²) in [5.74, 6) is 0.321. The van der Waals surface area contributed by atoms with Gasteiger partial charge in [-0.05, 0) is 13.3 Å². The van der Waals surface area contributed by atoms with Crippen LogP contribution in [0, 0.1) is 0 Å². The summed E-state index contributed by atoms with van der Waals surface area (Å²) in [6.45, 7) is 4.03. The molecule has 1 heterocycles. The van der Waals surface area contributed by atoms with Gasteiger partial charge in [0.2, 0.25) is 0 Å². The first-order valence-electron chi connectivity index (χ1n) is 4.17. The molecule has 0 spiro atoms. The van der Waals surface area contributed by atoms with E-state index in [2.05, 4.69) is 12.3 Å². The second-order valence-corrected chi connectivity index (χ2v) is 3.20. The Hall–Kier alpha value is -0.410. The number of carbonyl (C=O) groups excluding carboxylic acids is 1. The predicted octanol–water partition coefficient (Wildman–Crippen LogP) is 0.563. The summed E-state index contributed by atoms with van der Waals surface area (Å²) in [7, 11) is 1.98. The van der Waals surface area contributed by atoms with Crippen LogP contribution in [0.25, 0.3) is 0 Å². The molecule has 1 aliphatic heterocycles. The molecule has 64 valence electrons. The fourth-order valence-electron chi connectivity index (χ4n) is 1.37. The first-order chi connectivity index (χ1) is 5.15. The van der Waals surface area contributed by atoms with Crippen LogP contribution in [0.15, 0.2) is 0 Å². The molecule has 0 radical (unpaired) electrons. The van der Waals surface area contributed by atoms with E-state index in [9.17, 15) is 4.79 Å². The van der Waals surface area contributed by atoms with E-state index in [0.717, 1.165) is 6.42 Å². The maximum Gasteiger partial charge on any atom is 0.150 e. The molecule has 1 saturated heterocycles. The van der Waals surface area contributed by atoms with Gasteiger partial charge in [-0.15, -0.1) is 0 Å². The zero-order valence-electron chi connectivity index (χ0n) is 7.42. The Morgan fingerprint density at radius 3 is 2.73 bits per heavy atom. The number of rotatable bonds is 2. The van der Waals surface area contributed by atoms with Crippen LogP contribution < -0.4 is 5.43 Å².